The van der Waals surface area contributed by atoms with Crippen LogP contribution >= 0.6 is 0 Å². The van der Waals surface area contributed by atoms with Gasteiger partial charge in [0.25, 0.3) is 0 Å². The lowest BCUT2D eigenvalue weighted by molar-refractivity contribution is -0.122. The van der Waals surface area contributed by atoms with Gasteiger partial charge in [0.15, 0.2) is 11.5 Å². The number of amides is 1. The summed E-state index contributed by atoms with van der Waals surface area (Å²) in [4.78, 5) is 16.9. The van der Waals surface area contributed by atoms with E-state index in [0.29, 0.717) is 31.2 Å². The van der Waals surface area contributed by atoms with Gasteiger partial charge < -0.3 is 24.4 Å². The molecule has 0 spiro atoms. The summed E-state index contributed by atoms with van der Waals surface area (Å²) in [6, 6.07) is 14.0. The largest absolute Gasteiger partial charge is 0.493 e. The maximum Gasteiger partial charge on any atom is 0.234 e. The normalized spacial score (nSPS) is 14.2. The molecule has 1 amide bonds. The van der Waals surface area contributed by atoms with Crippen LogP contribution in [0.3, 0.4) is 0 Å². The van der Waals surface area contributed by atoms with Crippen LogP contribution in [-0.2, 0) is 11.2 Å². The van der Waals surface area contributed by atoms with Gasteiger partial charge in [0, 0.05) is 32.7 Å². The molecule has 1 aliphatic heterocycles. The van der Waals surface area contributed by atoms with Crippen molar-refractivity contribution in [3.63, 3.8) is 0 Å². The molecule has 0 atom stereocenters. The summed E-state index contributed by atoms with van der Waals surface area (Å²) in [5.74, 6) is 2.39. The molecule has 1 fully saturated rings. The number of methoxy groups -OCH3 is 2. The van der Waals surface area contributed by atoms with E-state index in [1.807, 2.05) is 43.3 Å². The van der Waals surface area contributed by atoms with Crippen LogP contribution in [0.1, 0.15) is 12.5 Å². The lowest BCUT2D eigenvalue weighted by Crippen LogP contribution is -2.49. The molecular weight excluding hydrogens is 394 g/mol. The third kappa shape index (κ3) is 6.28. The molecule has 1 saturated heterocycles. The van der Waals surface area contributed by atoms with E-state index in [0.717, 1.165) is 49.6 Å². The summed E-state index contributed by atoms with van der Waals surface area (Å²) in [5, 5.41) is 3.03. The summed E-state index contributed by atoms with van der Waals surface area (Å²) in [7, 11) is 3.24. The first kappa shape index (κ1) is 22.7. The number of hydrogen-bond donors (Lipinski definition) is 1. The SMILES string of the molecule is CCOc1ccccc1N1CCN(CC(=O)NCCc2ccc(OC)c(OC)c2)CC1. The second-order valence-corrected chi connectivity index (χ2v) is 7.45. The highest BCUT2D eigenvalue weighted by molar-refractivity contribution is 5.78. The first-order chi connectivity index (χ1) is 15.1. The Balaban J connectivity index is 1.41. The fourth-order valence-corrected chi connectivity index (χ4v) is 3.78. The van der Waals surface area contributed by atoms with Crippen molar-refractivity contribution in [1.29, 1.82) is 0 Å². The number of anilines is 1. The zero-order chi connectivity index (χ0) is 22.1. The minimum Gasteiger partial charge on any atom is -0.493 e. The van der Waals surface area contributed by atoms with Crippen molar-refractivity contribution < 1.29 is 19.0 Å². The second-order valence-electron chi connectivity index (χ2n) is 7.45. The third-order valence-electron chi connectivity index (χ3n) is 5.43. The van der Waals surface area contributed by atoms with Crippen molar-refractivity contribution in [2.24, 2.45) is 0 Å². The van der Waals surface area contributed by atoms with Crippen molar-refractivity contribution in [2.75, 3.05) is 65.0 Å². The van der Waals surface area contributed by atoms with Crippen LogP contribution in [0, 0.1) is 0 Å². The van der Waals surface area contributed by atoms with Crippen LogP contribution in [0.2, 0.25) is 0 Å². The van der Waals surface area contributed by atoms with Gasteiger partial charge in [-0.15, -0.1) is 0 Å². The Labute approximate surface area is 184 Å². The van der Waals surface area contributed by atoms with Crippen molar-refractivity contribution in [3.05, 3.63) is 48.0 Å². The van der Waals surface area contributed by atoms with Crippen molar-refractivity contribution >= 4 is 11.6 Å². The van der Waals surface area contributed by atoms with Gasteiger partial charge >= 0.3 is 0 Å². The van der Waals surface area contributed by atoms with E-state index in [9.17, 15) is 4.79 Å². The Hall–Kier alpha value is -2.93. The smallest absolute Gasteiger partial charge is 0.234 e. The number of para-hydroxylation sites is 2. The predicted molar refractivity (Wildman–Crippen MR) is 123 cm³/mol. The van der Waals surface area contributed by atoms with Crippen LogP contribution in [0.25, 0.3) is 0 Å². The van der Waals surface area contributed by atoms with Crippen molar-refractivity contribution in [2.45, 2.75) is 13.3 Å². The number of nitrogens with one attached hydrogen (secondary N) is 1. The molecule has 7 heteroatoms. The fourth-order valence-electron chi connectivity index (χ4n) is 3.78. The molecule has 31 heavy (non-hydrogen) atoms. The monoisotopic (exact) mass is 427 g/mol. The second kappa shape index (κ2) is 11.5. The Bertz CT molecular complexity index is 850. The first-order valence-electron chi connectivity index (χ1n) is 10.8. The number of carbonyl (C=O) groups is 1. The number of piperazine rings is 1. The van der Waals surface area contributed by atoms with Crippen LogP contribution < -0.4 is 24.4 Å². The number of ether oxygens (including phenoxy) is 3. The van der Waals surface area contributed by atoms with Crippen LogP contribution in [-0.4, -0.2) is 70.9 Å². The minimum absolute atomic E-state index is 0.0589. The fraction of sp³-hybridized carbons (Fsp3) is 0.458. The van der Waals surface area contributed by atoms with E-state index in [2.05, 4.69) is 21.2 Å². The molecule has 0 radical (unpaired) electrons. The number of nitrogens with zero attached hydrogens (tertiary/aromatic N) is 2. The summed E-state index contributed by atoms with van der Waals surface area (Å²) in [6.45, 7) is 7.13. The van der Waals surface area contributed by atoms with E-state index in [-0.39, 0.29) is 5.91 Å². The molecule has 0 saturated carbocycles. The van der Waals surface area contributed by atoms with E-state index in [1.54, 1.807) is 14.2 Å². The quantitative estimate of drug-likeness (QED) is 0.629. The third-order valence-corrected chi connectivity index (χ3v) is 5.43. The molecule has 7 nitrogen and oxygen atoms in total. The van der Waals surface area contributed by atoms with E-state index < -0.39 is 0 Å². The highest BCUT2D eigenvalue weighted by Gasteiger charge is 2.21. The van der Waals surface area contributed by atoms with Gasteiger partial charge in [-0.2, -0.15) is 0 Å². The Kier molecular flexibility index (Phi) is 8.41. The zero-order valence-electron chi connectivity index (χ0n) is 18.7. The highest BCUT2D eigenvalue weighted by atomic mass is 16.5. The molecule has 0 aromatic heterocycles. The molecule has 1 N–H and O–H groups in total. The topological polar surface area (TPSA) is 63.3 Å². The Morgan fingerprint density at radius 2 is 1.71 bits per heavy atom. The van der Waals surface area contributed by atoms with Crippen molar-refractivity contribution in [1.82, 2.24) is 10.2 Å². The summed E-state index contributed by atoms with van der Waals surface area (Å²) in [6.07, 6.45) is 0.744. The lowest BCUT2D eigenvalue weighted by Gasteiger charge is -2.36. The molecule has 3 rings (SSSR count). The molecule has 0 unspecified atom stereocenters. The maximum absolute atomic E-state index is 12.4. The number of carbonyl (C=O) groups excluding carboxylic acids is 1. The highest BCUT2D eigenvalue weighted by Crippen LogP contribution is 2.29. The van der Waals surface area contributed by atoms with Crippen LogP contribution in [0.5, 0.6) is 17.2 Å². The van der Waals surface area contributed by atoms with Gasteiger partial charge in [-0.1, -0.05) is 18.2 Å². The average molecular weight is 428 g/mol. The van der Waals surface area contributed by atoms with Gasteiger partial charge in [-0.25, -0.2) is 0 Å². The van der Waals surface area contributed by atoms with E-state index >= 15 is 0 Å². The predicted octanol–water partition coefficient (Wildman–Crippen LogP) is 2.58. The van der Waals surface area contributed by atoms with Crippen LogP contribution in [0.15, 0.2) is 42.5 Å². The molecule has 168 valence electrons. The van der Waals surface area contributed by atoms with E-state index in [4.69, 9.17) is 14.2 Å². The zero-order valence-corrected chi connectivity index (χ0v) is 18.7. The molecule has 1 aliphatic rings. The van der Waals surface area contributed by atoms with Gasteiger partial charge in [0.05, 0.1) is 33.1 Å². The number of benzene rings is 2. The Morgan fingerprint density at radius 3 is 2.42 bits per heavy atom. The molecule has 0 bridgehead atoms. The summed E-state index contributed by atoms with van der Waals surface area (Å²) < 4.78 is 16.4. The summed E-state index contributed by atoms with van der Waals surface area (Å²) in [5.41, 5.74) is 2.22. The van der Waals surface area contributed by atoms with Gasteiger partial charge in [0.1, 0.15) is 5.75 Å². The first-order valence-corrected chi connectivity index (χ1v) is 10.8. The van der Waals surface area contributed by atoms with Gasteiger partial charge in [-0.05, 0) is 43.2 Å². The standard InChI is InChI=1S/C24H33N3O4/c1-4-31-21-8-6-5-7-20(21)27-15-13-26(14-16-27)18-24(28)25-12-11-19-9-10-22(29-2)23(17-19)30-3/h5-10,17H,4,11-16,18H2,1-3H3,(H,25,28). The maximum atomic E-state index is 12.4. The molecular formula is C24H33N3O4. The number of hydrogen-bond acceptors (Lipinski definition) is 6. The Morgan fingerprint density at radius 1 is 0.968 bits per heavy atom. The number of rotatable bonds is 10. The lowest BCUT2D eigenvalue weighted by atomic mass is 10.1. The van der Waals surface area contributed by atoms with Crippen molar-refractivity contribution in [3.8, 4) is 17.2 Å². The van der Waals surface area contributed by atoms with Crippen LogP contribution in [0.4, 0.5) is 5.69 Å². The van der Waals surface area contributed by atoms with Gasteiger partial charge in [0.2, 0.25) is 5.91 Å². The van der Waals surface area contributed by atoms with Gasteiger partial charge in [-0.3, -0.25) is 9.69 Å². The molecule has 2 aromatic carbocycles. The summed E-state index contributed by atoms with van der Waals surface area (Å²) >= 11 is 0. The molecule has 2 aromatic rings. The minimum atomic E-state index is 0.0589. The molecule has 1 heterocycles. The molecule has 0 aliphatic carbocycles. The van der Waals surface area contributed by atoms with E-state index in [1.165, 1.54) is 0 Å². The average Bonchev–Trinajstić information content (AvgIpc) is 2.80.